The van der Waals surface area contributed by atoms with Crippen LogP contribution in [0.15, 0.2) is 30.6 Å². The quantitative estimate of drug-likeness (QED) is 0.745. The topological polar surface area (TPSA) is 30.7 Å². The Hall–Kier alpha value is -1.35. The molecule has 2 rings (SSSR count). The molecule has 78 valence electrons. The lowest BCUT2D eigenvalue weighted by molar-refractivity contribution is 0.736. The van der Waals surface area contributed by atoms with Crippen molar-refractivity contribution in [3.63, 3.8) is 0 Å². The van der Waals surface area contributed by atoms with E-state index in [4.69, 9.17) is 11.6 Å². The van der Waals surface area contributed by atoms with Crippen LogP contribution in [-0.2, 0) is 19.9 Å². The van der Waals surface area contributed by atoms with Crippen LogP contribution in [0.25, 0.3) is 0 Å². The first kappa shape index (κ1) is 10.2. The van der Waals surface area contributed by atoms with Crippen LogP contribution in [0, 0.1) is 0 Å². The zero-order valence-corrected chi connectivity index (χ0v) is 9.28. The van der Waals surface area contributed by atoms with E-state index in [1.807, 2.05) is 42.3 Å². The molecule has 0 amide bonds. The summed E-state index contributed by atoms with van der Waals surface area (Å²) in [5, 5.41) is 4.85. The third kappa shape index (κ3) is 2.80. The summed E-state index contributed by atoms with van der Waals surface area (Å²) in [6.45, 7) is 0. The highest BCUT2D eigenvalue weighted by Crippen LogP contribution is 2.08. The molecular formula is C11H12ClN3. The van der Waals surface area contributed by atoms with Crippen LogP contribution in [0.3, 0.4) is 0 Å². The maximum atomic E-state index is 5.71. The van der Waals surface area contributed by atoms with Gasteiger partial charge in [0.1, 0.15) is 5.15 Å². The van der Waals surface area contributed by atoms with Gasteiger partial charge in [0.25, 0.3) is 0 Å². The summed E-state index contributed by atoms with van der Waals surface area (Å²) in [7, 11) is 1.92. The Kier molecular flexibility index (Phi) is 3.02. The van der Waals surface area contributed by atoms with Gasteiger partial charge in [0.15, 0.2) is 0 Å². The molecule has 4 heteroatoms. The predicted octanol–water partition coefficient (Wildman–Crippen LogP) is 2.25. The Balaban J connectivity index is 1.96. The van der Waals surface area contributed by atoms with Crippen LogP contribution in [-0.4, -0.2) is 14.8 Å². The van der Waals surface area contributed by atoms with Crippen molar-refractivity contribution < 1.29 is 0 Å². The number of pyridine rings is 1. The minimum atomic E-state index is 0.539. The highest BCUT2D eigenvalue weighted by Gasteiger charge is 1.99. The predicted molar refractivity (Wildman–Crippen MR) is 59.9 cm³/mol. The minimum absolute atomic E-state index is 0.539. The number of rotatable bonds is 3. The van der Waals surface area contributed by atoms with Gasteiger partial charge in [-0.15, -0.1) is 0 Å². The molecule has 3 nitrogen and oxygen atoms in total. The van der Waals surface area contributed by atoms with Crippen LogP contribution in [0.1, 0.15) is 11.3 Å². The van der Waals surface area contributed by atoms with E-state index in [1.54, 1.807) is 0 Å². The second-order valence-corrected chi connectivity index (χ2v) is 3.86. The van der Waals surface area contributed by atoms with Gasteiger partial charge < -0.3 is 0 Å². The first-order chi connectivity index (χ1) is 7.24. The molecule has 0 aliphatic carbocycles. The van der Waals surface area contributed by atoms with E-state index in [-0.39, 0.29) is 0 Å². The highest BCUT2D eigenvalue weighted by atomic mass is 35.5. The van der Waals surface area contributed by atoms with E-state index in [0.29, 0.717) is 5.15 Å². The number of aromatic nitrogens is 3. The third-order valence-corrected chi connectivity index (χ3v) is 2.45. The van der Waals surface area contributed by atoms with Gasteiger partial charge in [-0.05, 0) is 30.5 Å². The van der Waals surface area contributed by atoms with E-state index in [9.17, 15) is 0 Å². The molecule has 0 atom stereocenters. The van der Waals surface area contributed by atoms with Crippen LogP contribution < -0.4 is 0 Å². The lowest BCUT2D eigenvalue weighted by atomic mass is 10.1. The van der Waals surface area contributed by atoms with Gasteiger partial charge in [-0.3, -0.25) is 4.68 Å². The Morgan fingerprint density at radius 3 is 2.73 bits per heavy atom. The summed E-state index contributed by atoms with van der Waals surface area (Å²) in [5.41, 5.74) is 2.29. The zero-order chi connectivity index (χ0) is 10.7. The largest absolute Gasteiger partial charge is 0.276 e. The van der Waals surface area contributed by atoms with Crippen molar-refractivity contribution in [2.45, 2.75) is 12.8 Å². The number of hydrogen-bond acceptors (Lipinski definition) is 2. The van der Waals surface area contributed by atoms with Crippen molar-refractivity contribution in [1.82, 2.24) is 14.8 Å². The van der Waals surface area contributed by atoms with Crippen molar-refractivity contribution >= 4 is 11.6 Å². The molecule has 0 aromatic carbocycles. The molecule has 15 heavy (non-hydrogen) atoms. The average Bonchev–Trinajstić information content (AvgIpc) is 2.64. The van der Waals surface area contributed by atoms with Gasteiger partial charge in [0, 0.05) is 19.4 Å². The van der Waals surface area contributed by atoms with Gasteiger partial charge in [-0.2, -0.15) is 5.10 Å². The van der Waals surface area contributed by atoms with Crippen LogP contribution in [0.2, 0.25) is 5.15 Å². The maximum Gasteiger partial charge on any atom is 0.129 e. The second-order valence-electron chi connectivity index (χ2n) is 3.47. The fraction of sp³-hybridized carbons (Fsp3) is 0.273. The smallest absolute Gasteiger partial charge is 0.129 e. The molecule has 0 saturated heterocycles. The fourth-order valence-corrected chi connectivity index (χ4v) is 1.54. The molecule has 0 bridgehead atoms. The van der Waals surface area contributed by atoms with E-state index in [2.05, 4.69) is 10.1 Å². The molecule has 0 fully saturated rings. The SMILES string of the molecule is Cn1ccc(CCc2ccc(Cl)nc2)n1. The Morgan fingerprint density at radius 1 is 1.27 bits per heavy atom. The molecule has 0 radical (unpaired) electrons. The monoisotopic (exact) mass is 221 g/mol. The molecule has 0 aliphatic rings. The van der Waals surface area contributed by atoms with E-state index < -0.39 is 0 Å². The van der Waals surface area contributed by atoms with Gasteiger partial charge in [0.2, 0.25) is 0 Å². The molecule has 2 aromatic rings. The molecular weight excluding hydrogens is 210 g/mol. The Morgan fingerprint density at radius 2 is 2.13 bits per heavy atom. The molecule has 0 N–H and O–H groups in total. The summed E-state index contributed by atoms with van der Waals surface area (Å²) in [4.78, 5) is 4.04. The summed E-state index contributed by atoms with van der Waals surface area (Å²) < 4.78 is 1.81. The fourth-order valence-electron chi connectivity index (χ4n) is 1.42. The first-order valence-corrected chi connectivity index (χ1v) is 5.21. The van der Waals surface area contributed by atoms with Crippen molar-refractivity contribution in [1.29, 1.82) is 0 Å². The minimum Gasteiger partial charge on any atom is -0.276 e. The van der Waals surface area contributed by atoms with Gasteiger partial charge in [-0.25, -0.2) is 4.98 Å². The summed E-state index contributed by atoms with van der Waals surface area (Å²) in [5.74, 6) is 0. The number of halogens is 1. The van der Waals surface area contributed by atoms with Gasteiger partial charge in [0.05, 0.1) is 5.69 Å². The summed E-state index contributed by atoms with van der Waals surface area (Å²) >= 11 is 5.71. The van der Waals surface area contributed by atoms with E-state index in [0.717, 1.165) is 18.5 Å². The number of aryl methyl sites for hydroxylation is 3. The first-order valence-electron chi connectivity index (χ1n) is 4.83. The van der Waals surface area contributed by atoms with E-state index >= 15 is 0 Å². The van der Waals surface area contributed by atoms with Crippen LogP contribution in [0.5, 0.6) is 0 Å². The van der Waals surface area contributed by atoms with Crippen molar-refractivity contribution in [2.24, 2.45) is 7.05 Å². The molecule has 0 aliphatic heterocycles. The van der Waals surface area contributed by atoms with E-state index in [1.165, 1.54) is 5.56 Å². The normalized spacial score (nSPS) is 10.5. The third-order valence-electron chi connectivity index (χ3n) is 2.23. The van der Waals surface area contributed by atoms with Crippen molar-refractivity contribution in [3.8, 4) is 0 Å². The molecule has 2 heterocycles. The summed E-state index contributed by atoms with van der Waals surface area (Å²) in [6, 6.07) is 5.84. The second kappa shape index (κ2) is 4.45. The molecule has 0 spiro atoms. The zero-order valence-electron chi connectivity index (χ0n) is 8.52. The molecule has 2 aromatic heterocycles. The van der Waals surface area contributed by atoms with Crippen LogP contribution in [0.4, 0.5) is 0 Å². The maximum absolute atomic E-state index is 5.71. The van der Waals surface area contributed by atoms with Gasteiger partial charge in [-0.1, -0.05) is 17.7 Å². The number of nitrogens with zero attached hydrogens (tertiary/aromatic N) is 3. The lowest BCUT2D eigenvalue weighted by Gasteiger charge is -1.98. The molecule has 0 saturated carbocycles. The average molecular weight is 222 g/mol. The Bertz CT molecular complexity index is 433. The van der Waals surface area contributed by atoms with Gasteiger partial charge >= 0.3 is 0 Å². The molecule has 0 unspecified atom stereocenters. The standard InChI is InChI=1S/C11H12ClN3/c1-15-7-6-10(14-15)4-2-9-3-5-11(12)13-8-9/h3,5-8H,2,4H2,1H3. The number of hydrogen-bond donors (Lipinski definition) is 0. The highest BCUT2D eigenvalue weighted by molar-refractivity contribution is 6.29. The summed E-state index contributed by atoms with van der Waals surface area (Å²) in [6.07, 6.45) is 5.64. The van der Waals surface area contributed by atoms with Crippen LogP contribution >= 0.6 is 11.6 Å². The lowest BCUT2D eigenvalue weighted by Crippen LogP contribution is -1.95. The Labute approximate surface area is 93.7 Å². The van der Waals surface area contributed by atoms with Crippen molar-refractivity contribution in [2.75, 3.05) is 0 Å². The van der Waals surface area contributed by atoms with Crippen molar-refractivity contribution in [3.05, 3.63) is 47.0 Å².